The molecule has 0 fully saturated rings. The third-order valence-corrected chi connectivity index (χ3v) is 4.85. The molecular weight excluding hydrogens is 358 g/mol. The molecule has 1 heterocycles. The van der Waals surface area contributed by atoms with Crippen LogP contribution in [0.15, 0.2) is 67.0 Å². The molecule has 27 heavy (non-hydrogen) atoms. The number of nitrogens with one attached hydrogen (secondary N) is 1. The van der Waals surface area contributed by atoms with Gasteiger partial charge in [0.2, 0.25) is 5.91 Å². The fraction of sp³-hybridized carbons (Fsp3) is 0.273. The van der Waals surface area contributed by atoms with Crippen LogP contribution in [-0.4, -0.2) is 22.2 Å². The topological polar surface area (TPSA) is 46.9 Å². The number of benzene rings is 2. The van der Waals surface area contributed by atoms with Crippen molar-refractivity contribution in [3.8, 4) is 5.69 Å². The zero-order valence-electron chi connectivity index (χ0n) is 15.6. The summed E-state index contributed by atoms with van der Waals surface area (Å²) in [7, 11) is 0. The zero-order chi connectivity index (χ0) is 19.2. The van der Waals surface area contributed by atoms with E-state index in [0.717, 1.165) is 17.7 Å². The molecule has 0 saturated heterocycles. The Kier molecular flexibility index (Phi) is 6.30. The van der Waals surface area contributed by atoms with Gasteiger partial charge in [0.05, 0.1) is 11.6 Å². The van der Waals surface area contributed by atoms with Crippen LogP contribution in [0, 0.1) is 5.92 Å². The number of amides is 1. The van der Waals surface area contributed by atoms with E-state index in [-0.39, 0.29) is 17.7 Å². The lowest BCUT2D eigenvalue weighted by Crippen LogP contribution is -2.33. The van der Waals surface area contributed by atoms with Crippen LogP contribution in [0.3, 0.4) is 0 Å². The van der Waals surface area contributed by atoms with Crippen molar-refractivity contribution in [3.05, 3.63) is 83.1 Å². The monoisotopic (exact) mass is 381 g/mol. The van der Waals surface area contributed by atoms with Crippen molar-refractivity contribution >= 4 is 17.5 Å². The van der Waals surface area contributed by atoms with E-state index in [1.807, 2.05) is 53.3 Å². The number of aromatic nitrogens is 2. The van der Waals surface area contributed by atoms with Gasteiger partial charge < -0.3 is 5.32 Å². The summed E-state index contributed by atoms with van der Waals surface area (Å²) in [5, 5.41) is 7.98. The van der Waals surface area contributed by atoms with Gasteiger partial charge in [-0.1, -0.05) is 49.7 Å². The number of halogens is 1. The lowest BCUT2D eigenvalue weighted by molar-refractivity contribution is -0.123. The molecule has 2 aromatic carbocycles. The quantitative estimate of drug-likeness (QED) is 0.648. The molecule has 0 radical (unpaired) electrons. The molecule has 1 unspecified atom stereocenters. The van der Waals surface area contributed by atoms with Crippen LogP contribution in [-0.2, 0) is 11.2 Å². The van der Waals surface area contributed by atoms with Crippen molar-refractivity contribution in [2.45, 2.75) is 26.2 Å². The average Bonchev–Trinajstić information content (AvgIpc) is 3.18. The van der Waals surface area contributed by atoms with Gasteiger partial charge in [-0.05, 0) is 53.8 Å². The largest absolute Gasteiger partial charge is 0.355 e. The molecule has 1 aromatic heterocycles. The number of hydrogen-bond donors (Lipinski definition) is 1. The zero-order valence-corrected chi connectivity index (χ0v) is 16.4. The Balaban J connectivity index is 1.57. The number of carbonyl (C=O) groups is 1. The fourth-order valence-electron chi connectivity index (χ4n) is 3.19. The Morgan fingerprint density at radius 3 is 2.41 bits per heavy atom. The van der Waals surface area contributed by atoms with Crippen molar-refractivity contribution < 1.29 is 4.79 Å². The van der Waals surface area contributed by atoms with Gasteiger partial charge >= 0.3 is 0 Å². The van der Waals surface area contributed by atoms with E-state index in [4.69, 9.17) is 11.6 Å². The van der Waals surface area contributed by atoms with E-state index < -0.39 is 0 Å². The van der Waals surface area contributed by atoms with Gasteiger partial charge in [-0.15, -0.1) is 0 Å². The van der Waals surface area contributed by atoms with Gasteiger partial charge in [0, 0.05) is 24.0 Å². The third kappa shape index (κ3) is 4.98. The summed E-state index contributed by atoms with van der Waals surface area (Å²) < 4.78 is 1.82. The molecule has 1 amide bonds. The highest BCUT2D eigenvalue weighted by molar-refractivity contribution is 6.30. The summed E-state index contributed by atoms with van der Waals surface area (Å²) in [4.78, 5) is 12.7. The molecule has 1 N–H and O–H groups in total. The van der Waals surface area contributed by atoms with Gasteiger partial charge in [-0.3, -0.25) is 4.79 Å². The molecule has 3 aromatic rings. The number of nitrogens with zero attached hydrogens (tertiary/aromatic N) is 2. The normalized spacial score (nSPS) is 12.1. The number of rotatable bonds is 7. The van der Waals surface area contributed by atoms with E-state index >= 15 is 0 Å². The van der Waals surface area contributed by atoms with Crippen molar-refractivity contribution in [1.82, 2.24) is 15.1 Å². The van der Waals surface area contributed by atoms with Gasteiger partial charge in [0.25, 0.3) is 0 Å². The van der Waals surface area contributed by atoms with E-state index in [1.54, 1.807) is 6.20 Å². The highest BCUT2D eigenvalue weighted by Gasteiger charge is 2.23. The molecule has 140 valence electrons. The second kappa shape index (κ2) is 8.87. The summed E-state index contributed by atoms with van der Waals surface area (Å²) in [5.41, 5.74) is 3.20. The summed E-state index contributed by atoms with van der Waals surface area (Å²) in [5.74, 6) is 0.0875. The molecule has 4 nitrogen and oxygen atoms in total. The molecule has 1 atom stereocenters. The van der Waals surface area contributed by atoms with E-state index in [9.17, 15) is 4.79 Å². The van der Waals surface area contributed by atoms with Crippen LogP contribution in [0.25, 0.3) is 5.69 Å². The SMILES string of the molecule is CC(C)C(C(=O)NCCc1ccc(-n2cccn2)cc1)c1ccc(Cl)cc1. The van der Waals surface area contributed by atoms with Crippen molar-refractivity contribution in [3.63, 3.8) is 0 Å². The van der Waals surface area contributed by atoms with E-state index in [2.05, 4.69) is 36.4 Å². The van der Waals surface area contributed by atoms with Crippen LogP contribution in [0.1, 0.15) is 30.9 Å². The maximum atomic E-state index is 12.7. The first kappa shape index (κ1) is 19.2. The molecule has 0 bridgehead atoms. The first-order valence-corrected chi connectivity index (χ1v) is 9.54. The maximum absolute atomic E-state index is 12.7. The van der Waals surface area contributed by atoms with Gasteiger partial charge in [0.15, 0.2) is 0 Å². The van der Waals surface area contributed by atoms with Crippen molar-refractivity contribution in [2.75, 3.05) is 6.54 Å². The van der Waals surface area contributed by atoms with E-state index in [1.165, 1.54) is 5.56 Å². The Hall–Kier alpha value is -2.59. The van der Waals surface area contributed by atoms with Crippen LogP contribution in [0.4, 0.5) is 0 Å². The maximum Gasteiger partial charge on any atom is 0.227 e. The van der Waals surface area contributed by atoms with Crippen LogP contribution >= 0.6 is 11.6 Å². The van der Waals surface area contributed by atoms with Gasteiger partial charge in [-0.2, -0.15) is 5.10 Å². The predicted octanol–water partition coefficient (Wildman–Crippen LogP) is 4.62. The molecule has 5 heteroatoms. The van der Waals surface area contributed by atoms with Crippen molar-refractivity contribution in [2.24, 2.45) is 5.92 Å². The minimum atomic E-state index is -0.176. The minimum Gasteiger partial charge on any atom is -0.355 e. The second-order valence-electron chi connectivity index (χ2n) is 6.93. The molecular formula is C22H24ClN3O. The second-order valence-corrected chi connectivity index (χ2v) is 7.37. The van der Waals surface area contributed by atoms with Crippen LogP contribution in [0.2, 0.25) is 5.02 Å². The summed E-state index contributed by atoms with van der Waals surface area (Å²) in [6, 6.07) is 17.6. The highest BCUT2D eigenvalue weighted by atomic mass is 35.5. The molecule has 3 rings (SSSR count). The van der Waals surface area contributed by atoms with Crippen LogP contribution in [0.5, 0.6) is 0 Å². The smallest absolute Gasteiger partial charge is 0.227 e. The fourth-order valence-corrected chi connectivity index (χ4v) is 3.31. The van der Waals surface area contributed by atoms with Gasteiger partial charge in [-0.25, -0.2) is 4.68 Å². The predicted molar refractivity (Wildman–Crippen MR) is 109 cm³/mol. The van der Waals surface area contributed by atoms with Crippen LogP contribution < -0.4 is 5.32 Å². The Labute approximate surface area is 165 Å². The molecule has 0 spiro atoms. The summed E-state index contributed by atoms with van der Waals surface area (Å²) in [6.07, 6.45) is 4.46. The molecule has 0 saturated carbocycles. The minimum absolute atomic E-state index is 0.0560. The van der Waals surface area contributed by atoms with Gasteiger partial charge in [0.1, 0.15) is 0 Å². The standard InChI is InChI=1S/C22H24ClN3O/c1-16(2)21(18-6-8-19(23)9-7-18)22(27)24-14-12-17-4-10-20(11-5-17)26-15-3-13-25-26/h3-11,13,15-16,21H,12,14H2,1-2H3,(H,24,27). The lowest BCUT2D eigenvalue weighted by Gasteiger charge is -2.21. The summed E-state index contributed by atoms with van der Waals surface area (Å²) in [6.45, 7) is 4.73. The Bertz CT molecular complexity index is 856. The lowest BCUT2D eigenvalue weighted by atomic mass is 9.87. The first-order chi connectivity index (χ1) is 13.0. The highest BCUT2D eigenvalue weighted by Crippen LogP contribution is 2.26. The number of hydrogen-bond acceptors (Lipinski definition) is 2. The molecule has 0 aliphatic heterocycles. The number of carbonyl (C=O) groups excluding carboxylic acids is 1. The van der Waals surface area contributed by atoms with E-state index in [0.29, 0.717) is 11.6 Å². The van der Waals surface area contributed by atoms with Crippen molar-refractivity contribution in [1.29, 1.82) is 0 Å². The Morgan fingerprint density at radius 2 is 1.81 bits per heavy atom. The molecule has 0 aliphatic rings. The Morgan fingerprint density at radius 1 is 1.11 bits per heavy atom. The first-order valence-electron chi connectivity index (χ1n) is 9.17. The summed E-state index contributed by atoms with van der Waals surface area (Å²) >= 11 is 5.96. The average molecular weight is 382 g/mol. The third-order valence-electron chi connectivity index (χ3n) is 4.60. The molecule has 0 aliphatic carbocycles.